The third-order valence-corrected chi connectivity index (χ3v) is 6.32. The molecular formula is C26H23N2O4. The van der Waals surface area contributed by atoms with E-state index in [1.54, 1.807) is 12.1 Å². The van der Waals surface area contributed by atoms with Crippen LogP contribution in [0.2, 0.25) is 0 Å². The van der Waals surface area contributed by atoms with Crippen LogP contribution >= 0.6 is 0 Å². The first-order valence-corrected chi connectivity index (χ1v) is 10.7. The number of rotatable bonds is 6. The fourth-order valence-electron chi connectivity index (χ4n) is 4.25. The Hall–Kier alpha value is -3.80. The zero-order valence-corrected chi connectivity index (χ0v) is 17.7. The van der Waals surface area contributed by atoms with Crippen molar-refractivity contribution in [1.82, 2.24) is 5.73 Å². The number of benzene rings is 3. The molecule has 2 N–H and O–H groups in total. The smallest absolute Gasteiger partial charge is 0.269 e. The summed E-state index contributed by atoms with van der Waals surface area (Å²) in [5, 5.41) is 3.11. The third-order valence-electron chi connectivity index (χ3n) is 6.32. The maximum absolute atomic E-state index is 13.3. The third kappa shape index (κ3) is 3.47. The minimum atomic E-state index is -0.702. The molecular weight excluding hydrogens is 404 g/mol. The van der Waals surface area contributed by atoms with E-state index in [1.165, 1.54) is 0 Å². The number of hydrogen-bond acceptors (Lipinski definition) is 4. The van der Waals surface area contributed by atoms with Crippen molar-refractivity contribution in [1.29, 1.82) is 0 Å². The van der Waals surface area contributed by atoms with Crippen molar-refractivity contribution in [3.05, 3.63) is 77.4 Å². The van der Waals surface area contributed by atoms with Crippen molar-refractivity contribution in [2.75, 3.05) is 12.1 Å². The summed E-state index contributed by atoms with van der Waals surface area (Å²) < 4.78 is 10.9. The van der Waals surface area contributed by atoms with Crippen molar-refractivity contribution in [2.45, 2.75) is 31.6 Å². The van der Waals surface area contributed by atoms with E-state index in [2.05, 4.69) is 12.2 Å². The topological polar surface area (TPSA) is 88.4 Å². The first-order chi connectivity index (χ1) is 15.5. The Kier molecular flexibility index (Phi) is 4.85. The molecule has 161 valence electrons. The molecule has 1 radical (unpaired) electrons. The number of anilines is 1. The summed E-state index contributed by atoms with van der Waals surface area (Å²) in [6, 6.07) is 18.7. The van der Waals surface area contributed by atoms with E-state index in [4.69, 9.17) is 15.2 Å². The van der Waals surface area contributed by atoms with Crippen LogP contribution < -0.4 is 20.5 Å². The summed E-state index contributed by atoms with van der Waals surface area (Å²) in [6.45, 7) is 2.29. The Labute approximate surface area is 186 Å². The van der Waals surface area contributed by atoms with E-state index in [9.17, 15) is 9.59 Å². The quantitative estimate of drug-likeness (QED) is 0.615. The summed E-state index contributed by atoms with van der Waals surface area (Å²) in [6.07, 6.45) is 2.42. The number of hydrogen-bond donors (Lipinski definition) is 1. The van der Waals surface area contributed by atoms with Gasteiger partial charge in [-0.15, -0.1) is 0 Å². The zero-order chi connectivity index (χ0) is 22.3. The Balaban J connectivity index is 1.41. The molecule has 0 spiro atoms. The summed E-state index contributed by atoms with van der Waals surface area (Å²) in [5.74, 6) is 0.668. The molecule has 2 amide bonds. The highest BCUT2D eigenvalue weighted by Gasteiger charge is 2.51. The highest BCUT2D eigenvalue weighted by atomic mass is 16.7. The van der Waals surface area contributed by atoms with Crippen molar-refractivity contribution < 1.29 is 19.1 Å². The second kappa shape index (κ2) is 7.71. The fourth-order valence-corrected chi connectivity index (χ4v) is 4.25. The lowest BCUT2D eigenvalue weighted by Crippen LogP contribution is -2.27. The van der Waals surface area contributed by atoms with Crippen LogP contribution in [0.1, 0.15) is 41.3 Å². The maximum atomic E-state index is 13.3. The van der Waals surface area contributed by atoms with Gasteiger partial charge in [0.2, 0.25) is 12.7 Å². The first kappa shape index (κ1) is 20.1. The van der Waals surface area contributed by atoms with Gasteiger partial charge in [-0.05, 0) is 77.9 Å². The van der Waals surface area contributed by atoms with Crippen molar-refractivity contribution in [3.63, 3.8) is 0 Å². The maximum Gasteiger partial charge on any atom is 0.269 e. The van der Waals surface area contributed by atoms with E-state index in [1.807, 2.05) is 48.5 Å². The van der Waals surface area contributed by atoms with Crippen LogP contribution in [0.3, 0.4) is 0 Å². The highest BCUT2D eigenvalue weighted by Crippen LogP contribution is 2.51. The Bertz CT molecular complexity index is 1210. The van der Waals surface area contributed by atoms with Gasteiger partial charge in [0.1, 0.15) is 0 Å². The molecule has 6 nitrogen and oxygen atoms in total. The molecule has 32 heavy (non-hydrogen) atoms. The van der Waals surface area contributed by atoms with Crippen LogP contribution in [0.4, 0.5) is 5.69 Å². The summed E-state index contributed by atoms with van der Waals surface area (Å²) in [5.41, 5.74) is 11.8. The summed E-state index contributed by atoms with van der Waals surface area (Å²) in [4.78, 5) is 24.6. The van der Waals surface area contributed by atoms with Crippen LogP contribution in [-0.2, 0) is 16.6 Å². The molecule has 1 heterocycles. The van der Waals surface area contributed by atoms with Crippen LogP contribution in [0, 0.1) is 0 Å². The molecule has 3 aromatic carbocycles. The van der Waals surface area contributed by atoms with Gasteiger partial charge >= 0.3 is 0 Å². The van der Waals surface area contributed by atoms with Gasteiger partial charge in [-0.25, -0.2) is 0 Å². The second-order valence-electron chi connectivity index (χ2n) is 8.24. The Morgan fingerprint density at radius 1 is 0.969 bits per heavy atom. The predicted molar refractivity (Wildman–Crippen MR) is 121 cm³/mol. The number of fused-ring (bicyclic) bond motifs is 1. The molecule has 0 bridgehead atoms. The second-order valence-corrected chi connectivity index (χ2v) is 8.24. The predicted octanol–water partition coefficient (Wildman–Crippen LogP) is 4.74. The van der Waals surface area contributed by atoms with Crippen LogP contribution in [-0.4, -0.2) is 18.6 Å². The number of carbonyl (C=O) groups is 2. The average Bonchev–Trinajstić information content (AvgIpc) is 3.50. The minimum absolute atomic E-state index is 0.0262. The molecule has 6 heteroatoms. The first-order valence-electron chi connectivity index (χ1n) is 10.7. The van der Waals surface area contributed by atoms with Crippen LogP contribution in [0.15, 0.2) is 60.7 Å². The van der Waals surface area contributed by atoms with Gasteiger partial charge < -0.3 is 14.8 Å². The van der Waals surface area contributed by atoms with Gasteiger partial charge in [-0.3, -0.25) is 15.3 Å². The Morgan fingerprint density at radius 2 is 1.72 bits per heavy atom. The van der Waals surface area contributed by atoms with Crippen molar-refractivity contribution in [3.8, 4) is 22.6 Å². The molecule has 1 fully saturated rings. The molecule has 5 rings (SSSR count). The van der Waals surface area contributed by atoms with E-state index < -0.39 is 11.3 Å². The molecule has 0 aromatic heterocycles. The monoisotopic (exact) mass is 427 g/mol. The molecule has 0 saturated heterocycles. The SMILES string of the molecule is CCc1ccc(NC(=O)C2(c3ccc4c(c3)OCO4)CC2)cc1-c1ccc(C([NH])=O)cc1. The van der Waals surface area contributed by atoms with E-state index >= 15 is 0 Å². The standard InChI is InChI=1S/C26H23N2O4/c1-2-16-7-9-20(14-21(16)17-3-5-18(6-4-17)24(27)29)28-25(30)26(11-12-26)19-8-10-22-23(13-19)32-15-31-22/h3-10,13-14,27H,2,11-12,15H2,1H3,(H,28,30). The van der Waals surface area contributed by atoms with E-state index in [-0.39, 0.29) is 12.7 Å². The van der Waals surface area contributed by atoms with Gasteiger partial charge in [0, 0.05) is 11.3 Å². The van der Waals surface area contributed by atoms with E-state index in [0.29, 0.717) is 17.1 Å². The Morgan fingerprint density at radius 3 is 2.41 bits per heavy atom. The number of nitrogens with one attached hydrogen (secondary N) is 2. The molecule has 1 aliphatic heterocycles. The normalized spacial score (nSPS) is 15.3. The lowest BCUT2D eigenvalue weighted by Gasteiger charge is -2.18. The number of aryl methyl sites for hydroxylation is 1. The minimum Gasteiger partial charge on any atom is -0.454 e. The van der Waals surface area contributed by atoms with Crippen molar-refractivity contribution in [2.24, 2.45) is 0 Å². The molecule has 1 aliphatic carbocycles. The van der Waals surface area contributed by atoms with Gasteiger partial charge in [0.25, 0.3) is 5.91 Å². The molecule has 1 saturated carbocycles. The fraction of sp³-hybridized carbons (Fsp3) is 0.231. The highest BCUT2D eigenvalue weighted by molar-refractivity contribution is 6.02. The zero-order valence-electron chi connectivity index (χ0n) is 17.7. The number of carbonyl (C=O) groups excluding carboxylic acids is 2. The van der Waals surface area contributed by atoms with Crippen LogP contribution in [0.5, 0.6) is 11.5 Å². The largest absolute Gasteiger partial charge is 0.454 e. The summed E-state index contributed by atoms with van der Waals surface area (Å²) in [7, 11) is 0. The number of ether oxygens (including phenoxy) is 2. The lowest BCUT2D eigenvalue weighted by atomic mass is 9.93. The molecule has 0 atom stereocenters. The molecule has 2 aliphatic rings. The van der Waals surface area contributed by atoms with Gasteiger partial charge in [-0.2, -0.15) is 0 Å². The van der Waals surface area contributed by atoms with Gasteiger partial charge in [0.05, 0.1) is 5.41 Å². The van der Waals surface area contributed by atoms with E-state index in [0.717, 1.165) is 47.2 Å². The summed E-state index contributed by atoms with van der Waals surface area (Å²) >= 11 is 0. The number of amides is 2. The van der Waals surface area contributed by atoms with Gasteiger partial charge in [-0.1, -0.05) is 31.2 Å². The van der Waals surface area contributed by atoms with Crippen LogP contribution in [0.25, 0.3) is 11.1 Å². The average molecular weight is 427 g/mol. The molecule has 0 unspecified atom stereocenters. The lowest BCUT2D eigenvalue weighted by molar-refractivity contribution is -0.118. The molecule has 3 aromatic rings. The van der Waals surface area contributed by atoms with Crippen molar-refractivity contribution >= 4 is 17.5 Å². The van der Waals surface area contributed by atoms with Gasteiger partial charge in [0.15, 0.2) is 11.5 Å².